The minimum absolute atomic E-state index is 0.0106. The van der Waals surface area contributed by atoms with Gasteiger partial charge < -0.3 is 0 Å². The molecule has 11 aromatic carbocycles. The van der Waals surface area contributed by atoms with Gasteiger partial charge in [0.25, 0.3) is 0 Å². The number of benzene rings is 11. The summed E-state index contributed by atoms with van der Waals surface area (Å²) < 4.78 is 162. The lowest BCUT2D eigenvalue weighted by atomic mass is 9.85. The maximum Gasteiger partial charge on any atom is 0.0630 e. The summed E-state index contributed by atoms with van der Waals surface area (Å²) in [6.45, 7) is 0. The highest BCUT2D eigenvalue weighted by atomic mass is 14.2. The predicted octanol–water partition coefficient (Wildman–Crippen LogP) is 13.6. The monoisotopic (exact) mass is 636 g/mol. The Morgan fingerprint density at radius 1 is 0.347 bits per heavy atom. The third-order valence-corrected chi connectivity index (χ3v) is 9.53. The van der Waals surface area contributed by atoms with Crippen molar-refractivity contribution in [1.29, 1.82) is 0 Å². The zero-order valence-electron chi connectivity index (χ0n) is 43.5. The Labute approximate surface area is 309 Å². The van der Waals surface area contributed by atoms with Gasteiger partial charge in [0.1, 0.15) is 0 Å². The Morgan fingerprint density at radius 3 is 1.63 bits per heavy atom. The molecule has 0 bridgehead atoms. The van der Waals surface area contributed by atoms with Gasteiger partial charge in [0.15, 0.2) is 0 Å². The van der Waals surface area contributed by atoms with Gasteiger partial charge in [-0.05, 0) is 127 Å². The van der Waals surface area contributed by atoms with E-state index in [2.05, 4.69) is 0 Å². The van der Waals surface area contributed by atoms with E-state index in [1.165, 1.54) is 0 Å². The maximum atomic E-state index is 9.48. The summed E-state index contributed by atoms with van der Waals surface area (Å²) in [5.74, 6) is 0. The Kier molecular flexibility index (Phi) is 3.08. The van der Waals surface area contributed by atoms with Crippen molar-refractivity contribution < 1.29 is 24.7 Å². The van der Waals surface area contributed by atoms with Crippen molar-refractivity contribution in [3.05, 3.63) is 181 Å². The second kappa shape index (κ2) is 10.1. The lowest BCUT2D eigenvalue weighted by molar-refractivity contribution is 1.22. The first-order chi connectivity index (χ1) is 31.8. The summed E-state index contributed by atoms with van der Waals surface area (Å²) >= 11 is 0. The summed E-state index contributed by atoms with van der Waals surface area (Å²) in [6, 6.07) is 9.75. The van der Waals surface area contributed by atoms with E-state index in [-0.39, 0.29) is 88.2 Å². The highest BCUT2D eigenvalue weighted by molar-refractivity contribution is 6.26. The molecule has 0 aliphatic heterocycles. The van der Waals surface area contributed by atoms with Gasteiger partial charge in [-0.2, -0.15) is 0 Å². The van der Waals surface area contributed by atoms with Crippen LogP contribution in [0.25, 0.3) is 97.7 Å². The molecular formula is C49H30. The first-order valence-electron chi connectivity index (χ1n) is 24.8. The molecule has 0 saturated heterocycles. The van der Waals surface area contributed by atoms with Crippen LogP contribution >= 0.6 is 0 Å². The number of rotatable bonds is 4. The minimum atomic E-state index is -0.565. The fourth-order valence-electron chi connectivity index (χ4n) is 7.33. The molecule has 226 valence electrons. The molecule has 49 heavy (non-hydrogen) atoms. The van der Waals surface area contributed by atoms with Crippen molar-refractivity contribution in [2.45, 2.75) is 6.42 Å². The average molecular weight is 637 g/mol. The zero-order chi connectivity index (χ0) is 47.7. The molecule has 0 aliphatic rings. The summed E-state index contributed by atoms with van der Waals surface area (Å²) in [6.07, 6.45) is -0.103. The van der Waals surface area contributed by atoms with Crippen LogP contribution in [0.3, 0.4) is 0 Å². The molecule has 11 aromatic rings. The van der Waals surface area contributed by atoms with E-state index in [9.17, 15) is 8.22 Å². The van der Waals surface area contributed by atoms with Gasteiger partial charge in [-0.3, -0.25) is 0 Å². The van der Waals surface area contributed by atoms with Gasteiger partial charge in [0.05, 0.1) is 24.7 Å². The summed E-state index contributed by atoms with van der Waals surface area (Å²) in [5, 5.41) is 0.821. The SMILES string of the molecule is [2H]c1c([2H])c2c([2H])c([2H])c3c([2H])c([2H])c(Cc4ccccc4-c4cc(-c5c([2H])c([2H])c6c([2H])c([2H])c7c([2H])c([2H])c([2H])c8c([2H])c([2H])c5c6c78)cc5ccccc45)c4c([2H])c([2H])c(c1[2H])c2c34. The standard InChI is InChI=1S/C49H30/c1-3-13-40(36(7-1)27-38-20-19-34-17-15-30-9-5-11-32-22-25-43(38)48(34)46(30)32)45-29-39(28-37-8-2-4-14-41(37)45)42-24-21-35-18-16-31-10-6-12-33-23-26-44(42)49(35)47(31)33/h1-26,28-29H,27H2/i5D,6D,9D,10D,11D,12D,15D,16D,17D,18D,19D,20D,21D,22D,23D,24D,25D,26D. The Balaban J connectivity index is 1.22. The van der Waals surface area contributed by atoms with Crippen LogP contribution < -0.4 is 0 Å². The number of hydrogen-bond donors (Lipinski definition) is 0. The van der Waals surface area contributed by atoms with Crippen LogP contribution in [0.15, 0.2) is 169 Å². The van der Waals surface area contributed by atoms with Gasteiger partial charge in [-0.15, -0.1) is 0 Å². The van der Waals surface area contributed by atoms with E-state index in [0.717, 1.165) is 5.39 Å². The van der Waals surface area contributed by atoms with Crippen molar-refractivity contribution in [2.75, 3.05) is 0 Å². The van der Waals surface area contributed by atoms with E-state index >= 15 is 0 Å². The molecular weight excluding hydrogens is 589 g/mol. The highest BCUT2D eigenvalue weighted by Crippen LogP contribution is 2.43. The van der Waals surface area contributed by atoms with Crippen molar-refractivity contribution >= 4 is 75.4 Å². The molecule has 0 unspecified atom stereocenters. The molecule has 0 saturated carbocycles. The molecule has 0 spiro atoms. The second-order valence-electron chi connectivity index (χ2n) is 12.2. The van der Waals surface area contributed by atoms with E-state index in [4.69, 9.17) is 16.4 Å². The smallest absolute Gasteiger partial charge is 0.0619 e. The fraction of sp³-hybridized carbons (Fsp3) is 0.0204. The van der Waals surface area contributed by atoms with Gasteiger partial charge >= 0.3 is 0 Å². The van der Waals surface area contributed by atoms with Crippen molar-refractivity contribution in [1.82, 2.24) is 0 Å². The topological polar surface area (TPSA) is 0 Å². The largest absolute Gasteiger partial charge is 0.0630 e. The molecule has 0 aliphatic carbocycles. The molecule has 0 heterocycles. The molecule has 0 heteroatoms. The normalized spacial score (nSPS) is 17.3. The number of fused-ring (bicyclic) bond motifs is 1. The molecule has 0 fully saturated rings. The first-order valence-corrected chi connectivity index (χ1v) is 15.8. The van der Waals surface area contributed by atoms with Gasteiger partial charge in [-0.25, -0.2) is 0 Å². The predicted molar refractivity (Wildman–Crippen MR) is 211 cm³/mol. The van der Waals surface area contributed by atoms with Gasteiger partial charge in [0.2, 0.25) is 0 Å². The summed E-state index contributed by atoms with van der Waals surface area (Å²) in [4.78, 5) is 0. The van der Waals surface area contributed by atoms with Crippen LogP contribution in [-0.4, -0.2) is 0 Å². The summed E-state index contributed by atoms with van der Waals surface area (Å²) in [7, 11) is 0. The van der Waals surface area contributed by atoms with Crippen molar-refractivity contribution in [2.24, 2.45) is 0 Å². The molecule has 0 N–H and O–H groups in total. The third-order valence-electron chi connectivity index (χ3n) is 9.53. The van der Waals surface area contributed by atoms with Crippen LogP contribution in [-0.2, 0) is 6.42 Å². The maximum absolute atomic E-state index is 9.48. The van der Waals surface area contributed by atoms with E-state index < -0.39 is 103 Å². The highest BCUT2D eigenvalue weighted by Gasteiger charge is 2.17. The molecule has 0 nitrogen and oxygen atoms in total. The quantitative estimate of drug-likeness (QED) is 0.169. The molecule has 0 radical (unpaired) electrons. The van der Waals surface area contributed by atoms with Gasteiger partial charge in [0, 0.05) is 0 Å². The second-order valence-corrected chi connectivity index (χ2v) is 12.2. The fourth-order valence-corrected chi connectivity index (χ4v) is 7.33. The lowest BCUT2D eigenvalue weighted by Crippen LogP contribution is -1.96. The third kappa shape index (κ3) is 3.92. The van der Waals surface area contributed by atoms with Crippen LogP contribution in [0.5, 0.6) is 0 Å². The molecule has 0 atom stereocenters. The Morgan fingerprint density at radius 2 is 0.898 bits per heavy atom. The minimum Gasteiger partial charge on any atom is -0.0619 e. The van der Waals surface area contributed by atoms with Crippen LogP contribution in [0, 0.1) is 0 Å². The van der Waals surface area contributed by atoms with Crippen LogP contribution in [0.4, 0.5) is 0 Å². The Hall–Kier alpha value is -6.24. The lowest BCUT2D eigenvalue weighted by Gasteiger charge is -2.18. The van der Waals surface area contributed by atoms with Crippen molar-refractivity contribution in [3.8, 4) is 22.3 Å². The summed E-state index contributed by atoms with van der Waals surface area (Å²) in [5.41, 5.74) is 2.32. The Bertz CT molecular complexity index is 4050. The van der Waals surface area contributed by atoms with Crippen LogP contribution in [0.1, 0.15) is 35.8 Å². The average Bonchev–Trinajstić information content (AvgIpc) is 3.31. The van der Waals surface area contributed by atoms with E-state index in [1.54, 1.807) is 30.3 Å². The molecule has 0 aromatic heterocycles. The van der Waals surface area contributed by atoms with Crippen molar-refractivity contribution in [3.63, 3.8) is 0 Å². The first kappa shape index (κ1) is 14.9. The molecule has 11 rings (SSSR count). The van der Waals surface area contributed by atoms with E-state index in [1.807, 2.05) is 30.3 Å². The number of hydrogen-bond acceptors (Lipinski definition) is 0. The van der Waals surface area contributed by atoms with Gasteiger partial charge in [-0.1, -0.05) is 157 Å². The zero-order valence-corrected chi connectivity index (χ0v) is 25.5. The van der Waals surface area contributed by atoms with E-state index in [0.29, 0.717) is 27.6 Å². The van der Waals surface area contributed by atoms with Crippen LogP contribution in [0.2, 0.25) is 0 Å². The molecule has 0 amide bonds.